The van der Waals surface area contributed by atoms with Crippen molar-refractivity contribution in [2.24, 2.45) is 11.5 Å². The Bertz CT molecular complexity index is 746. The Labute approximate surface area is 150 Å². The highest BCUT2D eigenvalue weighted by Crippen LogP contribution is 2.21. The van der Waals surface area contributed by atoms with Gasteiger partial charge in [0.1, 0.15) is 0 Å². The quantitative estimate of drug-likeness (QED) is 0.458. The lowest BCUT2D eigenvalue weighted by Gasteiger charge is -2.05. The van der Waals surface area contributed by atoms with Crippen LogP contribution < -0.4 is 16.8 Å². The zero-order valence-electron chi connectivity index (χ0n) is 14.4. The van der Waals surface area contributed by atoms with Crippen molar-refractivity contribution < 1.29 is 19.2 Å². The average molecular weight is 361 g/mol. The van der Waals surface area contributed by atoms with Crippen molar-refractivity contribution in [3.63, 3.8) is 0 Å². The molecule has 1 aromatic carbocycles. The minimum atomic E-state index is -0.971. The number of nitrogens with two attached hydrogens (primary N) is 2. The molecule has 2 aromatic rings. The Morgan fingerprint density at radius 2 is 2.12 bits per heavy atom. The molecule has 0 spiro atoms. The maximum atomic E-state index is 12.1. The number of benzene rings is 1. The number of carboxylic acids is 1. The number of hydrogen-bond acceptors (Lipinski definition) is 7. The molecule has 2 rings (SSSR count). The van der Waals surface area contributed by atoms with Crippen LogP contribution in [0.1, 0.15) is 48.0 Å². The van der Waals surface area contributed by atoms with Gasteiger partial charge in [-0.15, -0.1) is 0 Å². The first-order chi connectivity index (χ1) is 12.5. The molecule has 1 heterocycles. The van der Waals surface area contributed by atoms with Crippen molar-refractivity contribution in [2.45, 2.75) is 31.7 Å². The number of rotatable bonds is 10. The van der Waals surface area contributed by atoms with Gasteiger partial charge >= 0.3 is 5.97 Å². The summed E-state index contributed by atoms with van der Waals surface area (Å²) < 4.78 is 5.22. The van der Waals surface area contributed by atoms with E-state index < -0.39 is 5.97 Å². The number of unbranched alkanes of at least 4 members (excludes halogenated alkanes) is 1. The molecule has 6 N–H and O–H groups in total. The number of aliphatic carboxylic acids is 1. The summed E-state index contributed by atoms with van der Waals surface area (Å²) in [6.45, 7) is 0.672. The number of nitrogens with zero attached hydrogens (tertiary/aromatic N) is 2. The van der Waals surface area contributed by atoms with Crippen LogP contribution in [0.25, 0.3) is 11.4 Å². The van der Waals surface area contributed by atoms with Gasteiger partial charge in [0, 0.05) is 17.7 Å². The van der Waals surface area contributed by atoms with Crippen molar-refractivity contribution in [1.29, 1.82) is 0 Å². The minimum Gasteiger partial charge on any atom is -0.481 e. The summed E-state index contributed by atoms with van der Waals surface area (Å²) in [6, 6.07) is 6.33. The van der Waals surface area contributed by atoms with Crippen LogP contribution in [0.15, 0.2) is 28.8 Å². The van der Waals surface area contributed by atoms with Crippen molar-refractivity contribution in [3.05, 3.63) is 35.7 Å². The number of carboxylic acid groups (broad SMARTS) is 1. The van der Waals surface area contributed by atoms with E-state index in [0.29, 0.717) is 35.8 Å². The van der Waals surface area contributed by atoms with Gasteiger partial charge in [0.25, 0.3) is 5.91 Å². The first-order valence-corrected chi connectivity index (χ1v) is 8.41. The predicted octanol–water partition coefficient (Wildman–Crippen LogP) is 1.07. The molecule has 0 bridgehead atoms. The van der Waals surface area contributed by atoms with Crippen LogP contribution in [0.2, 0.25) is 0 Å². The Morgan fingerprint density at radius 1 is 1.31 bits per heavy atom. The van der Waals surface area contributed by atoms with Crippen LogP contribution in [-0.4, -0.2) is 40.2 Å². The summed E-state index contributed by atoms with van der Waals surface area (Å²) in [4.78, 5) is 26.9. The van der Waals surface area contributed by atoms with E-state index in [4.69, 9.17) is 21.1 Å². The number of amides is 1. The lowest BCUT2D eigenvalue weighted by Crippen LogP contribution is -2.25. The van der Waals surface area contributed by atoms with Crippen LogP contribution >= 0.6 is 0 Å². The third kappa shape index (κ3) is 5.64. The van der Waals surface area contributed by atoms with E-state index in [0.717, 1.165) is 12.8 Å². The highest BCUT2D eigenvalue weighted by atomic mass is 16.5. The number of carbonyl (C=O) groups is 2. The van der Waals surface area contributed by atoms with E-state index in [-0.39, 0.29) is 24.9 Å². The lowest BCUT2D eigenvalue weighted by atomic mass is 10.1. The fraction of sp³-hybridized carbons (Fsp3) is 0.412. The van der Waals surface area contributed by atoms with Gasteiger partial charge in [-0.1, -0.05) is 23.7 Å². The summed E-state index contributed by atoms with van der Waals surface area (Å²) in [5, 5.41) is 15.1. The van der Waals surface area contributed by atoms with Crippen LogP contribution in [0.4, 0.5) is 0 Å². The SMILES string of the molecule is NCCCCC(N)c1nc(-c2cccc(C(=O)NCCC(=O)O)c2)no1. The molecule has 26 heavy (non-hydrogen) atoms. The number of nitrogens with one attached hydrogen (secondary N) is 1. The molecule has 0 aliphatic rings. The first-order valence-electron chi connectivity index (χ1n) is 8.41. The van der Waals surface area contributed by atoms with E-state index in [2.05, 4.69) is 15.5 Å². The topological polar surface area (TPSA) is 157 Å². The highest BCUT2D eigenvalue weighted by molar-refractivity contribution is 5.95. The molecule has 140 valence electrons. The van der Waals surface area contributed by atoms with E-state index in [1.54, 1.807) is 24.3 Å². The monoisotopic (exact) mass is 361 g/mol. The second-order valence-corrected chi connectivity index (χ2v) is 5.83. The molecule has 0 fully saturated rings. The maximum Gasteiger partial charge on any atom is 0.305 e. The standard InChI is InChI=1S/C17H23N5O4/c18-8-2-1-6-13(19)17-21-15(22-26-17)11-4-3-5-12(10-11)16(25)20-9-7-14(23)24/h3-5,10,13H,1-2,6-9,18-19H2,(H,20,25)(H,23,24). The Balaban J connectivity index is 2.03. The molecule has 1 atom stereocenters. The molecule has 9 heteroatoms. The third-order valence-corrected chi connectivity index (χ3v) is 3.74. The van der Waals surface area contributed by atoms with E-state index in [9.17, 15) is 9.59 Å². The van der Waals surface area contributed by atoms with Gasteiger partial charge in [0.15, 0.2) is 0 Å². The maximum absolute atomic E-state index is 12.1. The first kappa shape index (κ1) is 19.5. The minimum absolute atomic E-state index is 0.0579. The van der Waals surface area contributed by atoms with Gasteiger partial charge in [-0.2, -0.15) is 4.98 Å². The third-order valence-electron chi connectivity index (χ3n) is 3.74. The molecule has 0 saturated carbocycles. The van der Waals surface area contributed by atoms with Crippen LogP contribution in [-0.2, 0) is 4.79 Å². The van der Waals surface area contributed by atoms with Crippen molar-refractivity contribution in [3.8, 4) is 11.4 Å². The van der Waals surface area contributed by atoms with E-state index >= 15 is 0 Å². The fourth-order valence-electron chi connectivity index (χ4n) is 2.32. The summed E-state index contributed by atoms with van der Waals surface area (Å²) >= 11 is 0. The second kappa shape index (κ2) is 9.64. The lowest BCUT2D eigenvalue weighted by molar-refractivity contribution is -0.136. The molecule has 1 aromatic heterocycles. The molecule has 1 unspecified atom stereocenters. The molecule has 9 nitrogen and oxygen atoms in total. The van der Waals surface area contributed by atoms with Gasteiger partial charge in [0.05, 0.1) is 12.5 Å². The molecular weight excluding hydrogens is 338 g/mol. The van der Waals surface area contributed by atoms with Gasteiger partial charge in [-0.3, -0.25) is 9.59 Å². The summed E-state index contributed by atoms with van der Waals surface area (Å²) in [5.41, 5.74) is 12.5. The Kier molecular flexibility index (Phi) is 7.24. The predicted molar refractivity (Wildman–Crippen MR) is 94.2 cm³/mol. The summed E-state index contributed by atoms with van der Waals surface area (Å²) in [7, 11) is 0. The van der Waals surface area contributed by atoms with Gasteiger partial charge in [-0.05, 0) is 31.5 Å². The molecule has 1 amide bonds. The molecule has 0 saturated heterocycles. The van der Waals surface area contributed by atoms with Gasteiger partial charge in [0.2, 0.25) is 11.7 Å². The van der Waals surface area contributed by atoms with Crippen LogP contribution in [0.5, 0.6) is 0 Å². The second-order valence-electron chi connectivity index (χ2n) is 5.83. The van der Waals surface area contributed by atoms with Crippen molar-refractivity contribution >= 4 is 11.9 Å². The van der Waals surface area contributed by atoms with Crippen molar-refractivity contribution in [2.75, 3.05) is 13.1 Å². The van der Waals surface area contributed by atoms with E-state index in [1.165, 1.54) is 0 Å². The number of carbonyl (C=O) groups excluding carboxylic acids is 1. The number of aromatic nitrogens is 2. The normalized spacial score (nSPS) is 11.9. The highest BCUT2D eigenvalue weighted by Gasteiger charge is 2.16. The summed E-state index contributed by atoms with van der Waals surface area (Å²) in [5.74, 6) is -0.653. The largest absolute Gasteiger partial charge is 0.481 e. The fourth-order valence-corrected chi connectivity index (χ4v) is 2.32. The molecule has 0 aliphatic heterocycles. The van der Waals surface area contributed by atoms with Gasteiger partial charge < -0.3 is 26.4 Å². The van der Waals surface area contributed by atoms with Crippen molar-refractivity contribution in [1.82, 2.24) is 15.5 Å². The van der Waals surface area contributed by atoms with Gasteiger partial charge in [-0.25, -0.2) is 0 Å². The van der Waals surface area contributed by atoms with Crippen LogP contribution in [0, 0.1) is 0 Å². The molecular formula is C17H23N5O4. The average Bonchev–Trinajstić information content (AvgIpc) is 3.12. The van der Waals surface area contributed by atoms with Crippen LogP contribution in [0.3, 0.4) is 0 Å². The summed E-state index contributed by atoms with van der Waals surface area (Å²) in [6.07, 6.45) is 2.32. The zero-order valence-corrected chi connectivity index (χ0v) is 14.4. The Morgan fingerprint density at radius 3 is 2.85 bits per heavy atom. The Hall–Kier alpha value is -2.78. The molecule has 0 aliphatic carbocycles. The smallest absolute Gasteiger partial charge is 0.305 e. The number of hydrogen-bond donors (Lipinski definition) is 4. The molecule has 0 radical (unpaired) electrons. The van der Waals surface area contributed by atoms with E-state index in [1.807, 2.05) is 0 Å². The zero-order chi connectivity index (χ0) is 18.9.